The van der Waals surface area contributed by atoms with E-state index in [-0.39, 0.29) is 5.92 Å². The third kappa shape index (κ3) is 2.18. The molecule has 0 aromatic rings. The molecule has 0 radical (unpaired) electrons. The lowest BCUT2D eigenvalue weighted by atomic mass is 9.56. The molecule has 3 atom stereocenters. The highest BCUT2D eigenvalue weighted by Gasteiger charge is 2.43. The van der Waals surface area contributed by atoms with Gasteiger partial charge < -0.3 is 5.11 Å². The standard InChI is InChI=1S/C15H22O2/c1-10-5-4-7-15(3)8-6-12(9-13(10)15)11(2)14(16)17/h12-13H,1-2,4-9H2,3H3,(H,16,17)/t12-,13?,15-/m1/s1. The van der Waals surface area contributed by atoms with Crippen molar-refractivity contribution in [2.24, 2.45) is 17.3 Å². The molecule has 0 saturated heterocycles. The zero-order valence-electron chi connectivity index (χ0n) is 10.7. The summed E-state index contributed by atoms with van der Waals surface area (Å²) in [4.78, 5) is 11.0. The molecule has 2 saturated carbocycles. The minimum absolute atomic E-state index is 0.153. The second-order valence-electron chi connectivity index (χ2n) is 6.02. The van der Waals surface area contributed by atoms with Crippen molar-refractivity contribution < 1.29 is 9.90 Å². The number of carboxylic acids is 1. The molecule has 2 fully saturated rings. The highest BCUT2D eigenvalue weighted by atomic mass is 16.4. The molecule has 0 aliphatic heterocycles. The minimum Gasteiger partial charge on any atom is -0.478 e. The van der Waals surface area contributed by atoms with E-state index in [0.29, 0.717) is 16.9 Å². The van der Waals surface area contributed by atoms with Crippen LogP contribution in [-0.2, 0) is 4.79 Å². The quantitative estimate of drug-likeness (QED) is 0.583. The Kier molecular flexibility index (Phi) is 3.15. The molecule has 1 N–H and O–H groups in total. The van der Waals surface area contributed by atoms with Crippen molar-refractivity contribution in [2.75, 3.05) is 0 Å². The third-order valence-electron chi connectivity index (χ3n) is 4.93. The molecule has 0 amide bonds. The molecule has 2 aliphatic carbocycles. The van der Waals surface area contributed by atoms with E-state index >= 15 is 0 Å². The molecule has 17 heavy (non-hydrogen) atoms. The van der Waals surface area contributed by atoms with E-state index in [1.165, 1.54) is 18.4 Å². The first-order valence-corrected chi connectivity index (χ1v) is 6.54. The van der Waals surface area contributed by atoms with Crippen molar-refractivity contribution in [2.45, 2.75) is 45.4 Å². The number of carbonyl (C=O) groups is 1. The predicted molar refractivity (Wildman–Crippen MR) is 68.7 cm³/mol. The minimum atomic E-state index is -0.833. The first-order chi connectivity index (χ1) is 7.94. The van der Waals surface area contributed by atoms with Gasteiger partial charge in [-0.25, -0.2) is 4.79 Å². The Morgan fingerprint density at radius 3 is 2.82 bits per heavy atom. The first-order valence-electron chi connectivity index (χ1n) is 6.54. The summed E-state index contributed by atoms with van der Waals surface area (Å²) in [5.74, 6) is -0.174. The van der Waals surface area contributed by atoms with Crippen LogP contribution in [0.2, 0.25) is 0 Å². The second kappa shape index (κ2) is 4.32. The van der Waals surface area contributed by atoms with Gasteiger partial charge in [-0.15, -0.1) is 0 Å². The van der Waals surface area contributed by atoms with E-state index in [0.717, 1.165) is 25.7 Å². The summed E-state index contributed by atoms with van der Waals surface area (Å²) in [5.41, 5.74) is 2.09. The highest BCUT2D eigenvalue weighted by Crippen LogP contribution is 2.54. The fourth-order valence-corrected chi connectivity index (χ4v) is 3.71. The van der Waals surface area contributed by atoms with Crippen LogP contribution in [0.3, 0.4) is 0 Å². The lowest BCUT2D eigenvalue weighted by Crippen LogP contribution is -2.38. The Balaban J connectivity index is 2.14. The lowest BCUT2D eigenvalue weighted by molar-refractivity contribution is -0.133. The van der Waals surface area contributed by atoms with Gasteiger partial charge in [0.05, 0.1) is 0 Å². The van der Waals surface area contributed by atoms with Crippen molar-refractivity contribution in [3.05, 3.63) is 24.3 Å². The lowest BCUT2D eigenvalue weighted by Gasteiger charge is -2.48. The van der Waals surface area contributed by atoms with Crippen LogP contribution in [0.25, 0.3) is 0 Å². The average molecular weight is 234 g/mol. The summed E-state index contributed by atoms with van der Waals surface area (Å²) >= 11 is 0. The Bertz CT molecular complexity index is 369. The number of rotatable bonds is 2. The van der Waals surface area contributed by atoms with E-state index in [2.05, 4.69) is 20.1 Å². The maximum atomic E-state index is 11.0. The van der Waals surface area contributed by atoms with Gasteiger partial charge in [-0.1, -0.05) is 25.7 Å². The van der Waals surface area contributed by atoms with Crippen LogP contribution in [0.5, 0.6) is 0 Å². The Morgan fingerprint density at radius 2 is 2.18 bits per heavy atom. The van der Waals surface area contributed by atoms with E-state index in [1.54, 1.807) is 0 Å². The smallest absolute Gasteiger partial charge is 0.331 e. The number of carboxylic acid groups (broad SMARTS) is 1. The van der Waals surface area contributed by atoms with Crippen LogP contribution >= 0.6 is 0 Å². The summed E-state index contributed by atoms with van der Waals surface area (Å²) < 4.78 is 0. The van der Waals surface area contributed by atoms with Crippen molar-refractivity contribution in [1.82, 2.24) is 0 Å². The predicted octanol–water partition coefficient (Wildman–Crippen LogP) is 3.79. The number of hydrogen-bond donors (Lipinski definition) is 1. The average Bonchev–Trinajstić information content (AvgIpc) is 2.27. The van der Waals surface area contributed by atoms with Crippen LogP contribution < -0.4 is 0 Å². The molecular weight excluding hydrogens is 212 g/mol. The topological polar surface area (TPSA) is 37.3 Å². The van der Waals surface area contributed by atoms with Gasteiger partial charge in [-0.05, 0) is 55.8 Å². The van der Waals surface area contributed by atoms with Gasteiger partial charge in [0.15, 0.2) is 0 Å². The largest absolute Gasteiger partial charge is 0.478 e. The fraction of sp³-hybridized carbons (Fsp3) is 0.667. The Labute approximate surface area is 103 Å². The summed E-state index contributed by atoms with van der Waals surface area (Å²) in [5, 5.41) is 9.04. The summed E-state index contributed by atoms with van der Waals surface area (Å²) in [6.07, 6.45) is 6.67. The third-order valence-corrected chi connectivity index (χ3v) is 4.93. The molecule has 0 heterocycles. The Morgan fingerprint density at radius 1 is 1.47 bits per heavy atom. The fourth-order valence-electron chi connectivity index (χ4n) is 3.71. The van der Waals surface area contributed by atoms with Gasteiger partial charge in [0.2, 0.25) is 0 Å². The van der Waals surface area contributed by atoms with Gasteiger partial charge in [0.1, 0.15) is 0 Å². The molecule has 0 spiro atoms. The molecule has 2 nitrogen and oxygen atoms in total. The van der Waals surface area contributed by atoms with Crippen molar-refractivity contribution in [3.8, 4) is 0 Å². The summed E-state index contributed by atoms with van der Waals surface area (Å²) in [6, 6.07) is 0. The molecule has 2 aliphatic rings. The second-order valence-corrected chi connectivity index (χ2v) is 6.02. The zero-order valence-corrected chi connectivity index (χ0v) is 10.7. The maximum absolute atomic E-state index is 11.0. The number of hydrogen-bond acceptors (Lipinski definition) is 1. The van der Waals surface area contributed by atoms with Crippen LogP contribution in [0.1, 0.15) is 45.4 Å². The molecule has 0 aromatic carbocycles. The molecule has 0 bridgehead atoms. The number of allylic oxidation sites excluding steroid dienone is 1. The molecule has 2 rings (SSSR count). The number of aliphatic carboxylic acids is 1. The Hall–Kier alpha value is -1.05. The van der Waals surface area contributed by atoms with Crippen LogP contribution in [0.4, 0.5) is 0 Å². The van der Waals surface area contributed by atoms with Crippen molar-refractivity contribution >= 4 is 5.97 Å². The van der Waals surface area contributed by atoms with E-state index in [4.69, 9.17) is 5.11 Å². The first kappa shape index (κ1) is 12.4. The van der Waals surface area contributed by atoms with Crippen LogP contribution in [0, 0.1) is 17.3 Å². The van der Waals surface area contributed by atoms with Gasteiger partial charge in [0, 0.05) is 5.57 Å². The van der Waals surface area contributed by atoms with Crippen LogP contribution in [0.15, 0.2) is 24.3 Å². The van der Waals surface area contributed by atoms with Crippen molar-refractivity contribution in [3.63, 3.8) is 0 Å². The molecular formula is C15H22O2. The zero-order chi connectivity index (χ0) is 12.6. The van der Waals surface area contributed by atoms with Crippen molar-refractivity contribution in [1.29, 1.82) is 0 Å². The number of fused-ring (bicyclic) bond motifs is 1. The van der Waals surface area contributed by atoms with E-state index < -0.39 is 5.97 Å². The highest BCUT2D eigenvalue weighted by molar-refractivity contribution is 5.86. The summed E-state index contributed by atoms with van der Waals surface area (Å²) in [7, 11) is 0. The SMILES string of the molecule is C=C1CCC[C@]2(C)CC[C@@H](C(=C)C(=O)O)CC12. The van der Waals surface area contributed by atoms with Crippen LogP contribution in [-0.4, -0.2) is 11.1 Å². The van der Waals surface area contributed by atoms with Gasteiger partial charge in [0.25, 0.3) is 0 Å². The van der Waals surface area contributed by atoms with Gasteiger partial charge in [-0.3, -0.25) is 0 Å². The maximum Gasteiger partial charge on any atom is 0.331 e. The van der Waals surface area contributed by atoms with E-state index in [1.807, 2.05) is 0 Å². The molecule has 2 heteroatoms. The summed E-state index contributed by atoms with van der Waals surface area (Å²) in [6.45, 7) is 10.3. The molecule has 1 unspecified atom stereocenters. The normalized spacial score (nSPS) is 37.4. The molecule has 0 aromatic heterocycles. The molecule has 94 valence electrons. The monoisotopic (exact) mass is 234 g/mol. The van der Waals surface area contributed by atoms with E-state index in [9.17, 15) is 4.79 Å². The van der Waals surface area contributed by atoms with Gasteiger partial charge in [-0.2, -0.15) is 0 Å². The van der Waals surface area contributed by atoms with Gasteiger partial charge >= 0.3 is 5.97 Å².